The fourth-order valence-electron chi connectivity index (χ4n) is 4.17. The first-order valence-corrected chi connectivity index (χ1v) is 12.5. The highest BCUT2D eigenvalue weighted by Crippen LogP contribution is 2.32. The maximum atomic E-state index is 13.6. The highest BCUT2D eigenvalue weighted by atomic mass is 32.2. The molecule has 1 aliphatic heterocycles. The summed E-state index contributed by atoms with van der Waals surface area (Å²) in [5, 5.41) is 2.83. The molecule has 186 valence electrons. The molecule has 0 unspecified atom stereocenters. The molecule has 1 aliphatic rings. The van der Waals surface area contributed by atoms with Gasteiger partial charge in [-0.1, -0.05) is 0 Å². The number of amides is 1. The lowest BCUT2D eigenvalue weighted by atomic mass is 9.98. The monoisotopic (exact) mass is 493 g/mol. The van der Waals surface area contributed by atoms with E-state index in [0.717, 1.165) is 0 Å². The Kier molecular flexibility index (Phi) is 7.88. The van der Waals surface area contributed by atoms with Gasteiger partial charge in [0.25, 0.3) is 0 Å². The van der Waals surface area contributed by atoms with Gasteiger partial charge in [0, 0.05) is 30.5 Å². The number of hydrogen-bond donors (Lipinski definition) is 2. The zero-order valence-corrected chi connectivity index (χ0v) is 20.9. The van der Waals surface area contributed by atoms with Crippen LogP contribution in [0.1, 0.15) is 41.5 Å². The summed E-state index contributed by atoms with van der Waals surface area (Å²) < 4.78 is 44.0. The molecule has 1 fully saturated rings. The third kappa shape index (κ3) is 5.05. The third-order valence-electron chi connectivity index (χ3n) is 5.82. The zero-order valence-electron chi connectivity index (χ0n) is 20.1. The van der Waals surface area contributed by atoms with E-state index < -0.39 is 21.9 Å². The fraction of sp³-hybridized carbons (Fsp3) is 0.478. The maximum absolute atomic E-state index is 13.6. The lowest BCUT2D eigenvalue weighted by Gasteiger charge is -2.31. The lowest BCUT2D eigenvalue weighted by Crippen LogP contribution is -2.44. The molecule has 2 heterocycles. The minimum atomic E-state index is -4.05. The Hall–Kier alpha value is -3.05. The normalized spacial score (nSPS) is 16.7. The number of benzene rings is 1. The molecule has 34 heavy (non-hydrogen) atoms. The van der Waals surface area contributed by atoms with E-state index in [4.69, 9.17) is 14.2 Å². The standard InChI is InChI=1S/C23H31N3O7S/c1-6-33-23(28)20-14(2)24-15(3)21(20)34(29,30)26-11-7-8-16(13-26)22(27)25-18-10-9-17(31-4)12-19(18)32-5/h9-10,12,16,24H,6-8,11,13H2,1-5H3,(H,25,27)/t16-/m0/s1. The Morgan fingerprint density at radius 2 is 1.91 bits per heavy atom. The largest absolute Gasteiger partial charge is 0.497 e. The van der Waals surface area contributed by atoms with E-state index in [2.05, 4.69) is 10.3 Å². The molecule has 1 atom stereocenters. The number of methoxy groups -OCH3 is 2. The van der Waals surface area contributed by atoms with Crippen LogP contribution in [0.5, 0.6) is 11.5 Å². The number of aromatic nitrogens is 1. The van der Waals surface area contributed by atoms with Crippen molar-refractivity contribution in [2.45, 2.75) is 38.5 Å². The number of aromatic amines is 1. The summed E-state index contributed by atoms with van der Waals surface area (Å²) in [6.45, 7) is 5.28. The van der Waals surface area contributed by atoms with E-state index in [9.17, 15) is 18.0 Å². The number of carbonyl (C=O) groups excluding carboxylic acids is 2. The summed E-state index contributed by atoms with van der Waals surface area (Å²) in [7, 11) is -1.03. The van der Waals surface area contributed by atoms with Gasteiger partial charge in [-0.2, -0.15) is 4.31 Å². The molecule has 10 nitrogen and oxygen atoms in total. The lowest BCUT2D eigenvalue weighted by molar-refractivity contribution is -0.120. The number of H-pyrrole nitrogens is 1. The van der Waals surface area contributed by atoms with Crippen LogP contribution in [-0.2, 0) is 19.6 Å². The van der Waals surface area contributed by atoms with Crippen molar-refractivity contribution in [1.82, 2.24) is 9.29 Å². The number of nitrogens with one attached hydrogen (secondary N) is 2. The van der Waals surface area contributed by atoms with Crippen LogP contribution in [0.25, 0.3) is 0 Å². The second-order valence-electron chi connectivity index (χ2n) is 8.06. The molecule has 0 radical (unpaired) electrons. The summed E-state index contributed by atoms with van der Waals surface area (Å²) >= 11 is 0. The molecule has 11 heteroatoms. The van der Waals surface area contributed by atoms with Gasteiger partial charge in [-0.3, -0.25) is 4.79 Å². The molecular formula is C23H31N3O7S. The molecule has 3 rings (SSSR count). The van der Waals surface area contributed by atoms with Gasteiger partial charge in [-0.25, -0.2) is 13.2 Å². The van der Waals surface area contributed by atoms with Crippen LogP contribution in [0.15, 0.2) is 23.1 Å². The number of anilines is 1. The number of carbonyl (C=O) groups is 2. The minimum Gasteiger partial charge on any atom is -0.497 e. The summed E-state index contributed by atoms with van der Waals surface area (Å²) in [6.07, 6.45) is 1.04. The predicted molar refractivity (Wildman–Crippen MR) is 126 cm³/mol. The minimum absolute atomic E-state index is 0.00142. The average molecular weight is 494 g/mol. The fourth-order valence-corrected chi connectivity index (χ4v) is 6.11. The first-order valence-electron chi connectivity index (χ1n) is 11.0. The van der Waals surface area contributed by atoms with Crippen LogP contribution in [0.4, 0.5) is 5.69 Å². The number of piperidine rings is 1. The molecule has 1 amide bonds. The topological polar surface area (TPSA) is 127 Å². The van der Waals surface area contributed by atoms with Crippen LogP contribution in [0.3, 0.4) is 0 Å². The molecule has 2 N–H and O–H groups in total. The zero-order chi connectivity index (χ0) is 25.0. The highest BCUT2D eigenvalue weighted by molar-refractivity contribution is 7.89. The molecule has 1 saturated heterocycles. The second-order valence-corrected chi connectivity index (χ2v) is 9.93. The number of aryl methyl sites for hydroxylation is 2. The Balaban J connectivity index is 1.84. The van der Waals surface area contributed by atoms with Gasteiger partial charge in [-0.15, -0.1) is 0 Å². The van der Waals surface area contributed by atoms with E-state index in [0.29, 0.717) is 41.4 Å². The number of rotatable bonds is 8. The molecule has 0 bridgehead atoms. The van der Waals surface area contributed by atoms with Crippen LogP contribution in [-0.4, -0.2) is 63.5 Å². The molecule has 1 aromatic heterocycles. The number of ether oxygens (including phenoxy) is 3. The molecule has 0 saturated carbocycles. The van der Waals surface area contributed by atoms with Crippen LogP contribution >= 0.6 is 0 Å². The van der Waals surface area contributed by atoms with Crippen molar-refractivity contribution in [3.63, 3.8) is 0 Å². The quantitative estimate of drug-likeness (QED) is 0.541. The van der Waals surface area contributed by atoms with E-state index in [1.165, 1.54) is 18.5 Å². The Labute approximate surface area is 199 Å². The van der Waals surface area contributed by atoms with E-state index >= 15 is 0 Å². The van der Waals surface area contributed by atoms with E-state index in [1.54, 1.807) is 39.0 Å². The number of esters is 1. The SMILES string of the molecule is CCOC(=O)c1c(C)[nH]c(C)c1S(=O)(=O)N1CCC[C@H](C(=O)Nc2ccc(OC)cc2OC)C1. The average Bonchev–Trinajstić information content (AvgIpc) is 3.13. The van der Waals surface area contributed by atoms with Gasteiger partial charge in [0.2, 0.25) is 15.9 Å². The predicted octanol–water partition coefficient (Wildman–Crippen LogP) is 2.86. The molecular weight excluding hydrogens is 462 g/mol. The number of nitrogens with zero attached hydrogens (tertiary/aromatic N) is 1. The van der Waals surface area contributed by atoms with Crippen molar-refractivity contribution in [2.24, 2.45) is 5.92 Å². The second kappa shape index (κ2) is 10.5. The summed E-state index contributed by atoms with van der Waals surface area (Å²) in [6, 6.07) is 5.02. The summed E-state index contributed by atoms with van der Waals surface area (Å²) in [5.41, 5.74) is 1.26. The molecule has 0 spiro atoms. The summed E-state index contributed by atoms with van der Waals surface area (Å²) in [4.78, 5) is 28.4. The highest BCUT2D eigenvalue weighted by Gasteiger charge is 2.38. The van der Waals surface area contributed by atoms with Crippen molar-refractivity contribution in [2.75, 3.05) is 39.2 Å². The van der Waals surface area contributed by atoms with Gasteiger partial charge in [0.15, 0.2) is 0 Å². The van der Waals surface area contributed by atoms with Crippen LogP contribution < -0.4 is 14.8 Å². The Morgan fingerprint density at radius 1 is 1.18 bits per heavy atom. The first-order chi connectivity index (χ1) is 16.1. The maximum Gasteiger partial charge on any atom is 0.341 e. The van der Waals surface area contributed by atoms with Gasteiger partial charge in [-0.05, 0) is 45.7 Å². The van der Waals surface area contributed by atoms with Crippen molar-refractivity contribution in [1.29, 1.82) is 0 Å². The van der Waals surface area contributed by atoms with Gasteiger partial charge in [0.05, 0.1) is 32.4 Å². The molecule has 1 aromatic carbocycles. The Morgan fingerprint density at radius 3 is 2.56 bits per heavy atom. The Bertz CT molecular complexity index is 1170. The smallest absolute Gasteiger partial charge is 0.341 e. The van der Waals surface area contributed by atoms with Crippen LogP contribution in [0, 0.1) is 19.8 Å². The van der Waals surface area contributed by atoms with Crippen molar-refractivity contribution < 1.29 is 32.2 Å². The van der Waals surface area contributed by atoms with Gasteiger partial charge < -0.3 is 24.5 Å². The van der Waals surface area contributed by atoms with Crippen molar-refractivity contribution >= 4 is 27.6 Å². The summed E-state index contributed by atoms with van der Waals surface area (Å²) in [5.74, 6) is -0.552. The van der Waals surface area contributed by atoms with Gasteiger partial charge in [0.1, 0.15) is 22.0 Å². The van der Waals surface area contributed by atoms with E-state index in [1.807, 2.05) is 0 Å². The van der Waals surface area contributed by atoms with Gasteiger partial charge >= 0.3 is 5.97 Å². The van der Waals surface area contributed by atoms with Crippen LogP contribution in [0.2, 0.25) is 0 Å². The molecule has 2 aromatic rings. The number of sulfonamides is 1. The van der Waals surface area contributed by atoms with Crippen molar-refractivity contribution in [3.05, 3.63) is 35.2 Å². The molecule has 0 aliphatic carbocycles. The third-order valence-corrected chi connectivity index (χ3v) is 7.85. The van der Waals surface area contributed by atoms with E-state index in [-0.39, 0.29) is 36.1 Å². The first kappa shape index (κ1) is 25.6. The van der Waals surface area contributed by atoms with Crippen molar-refractivity contribution in [3.8, 4) is 11.5 Å². The number of hydrogen-bond acceptors (Lipinski definition) is 7.